The number of rotatable bonds is 6. The smallest absolute Gasteiger partial charge is 0.0172 e. The highest BCUT2D eigenvalue weighted by Crippen LogP contribution is 2.32. The highest BCUT2D eigenvalue weighted by Gasteiger charge is 2.08. The fraction of sp³-hybridized carbons (Fsp3) is 0.111. The normalized spacial score (nSPS) is 11.4. The van der Waals surface area contributed by atoms with E-state index in [4.69, 9.17) is 0 Å². The van der Waals surface area contributed by atoms with Gasteiger partial charge >= 0.3 is 0 Å². The second-order valence-electron chi connectivity index (χ2n) is 7.00. The molecule has 134 valence electrons. The van der Waals surface area contributed by atoms with Gasteiger partial charge in [-0.2, -0.15) is 0 Å². The van der Waals surface area contributed by atoms with Crippen LogP contribution in [0.1, 0.15) is 30.9 Å². The van der Waals surface area contributed by atoms with E-state index in [0.717, 1.165) is 11.1 Å². The Labute approximate surface area is 163 Å². The van der Waals surface area contributed by atoms with Crippen molar-refractivity contribution >= 4 is 5.57 Å². The Kier molecular flexibility index (Phi) is 5.88. The van der Waals surface area contributed by atoms with Gasteiger partial charge < -0.3 is 0 Å². The summed E-state index contributed by atoms with van der Waals surface area (Å²) < 4.78 is 0. The Bertz CT molecular complexity index is 955. The van der Waals surface area contributed by atoms with Crippen LogP contribution >= 0.6 is 0 Å². The zero-order chi connectivity index (χ0) is 19.2. The summed E-state index contributed by atoms with van der Waals surface area (Å²) in [5, 5.41) is 0. The van der Waals surface area contributed by atoms with Gasteiger partial charge in [0.05, 0.1) is 0 Å². The van der Waals surface area contributed by atoms with Crippen molar-refractivity contribution in [2.24, 2.45) is 0 Å². The summed E-state index contributed by atoms with van der Waals surface area (Å²) in [6, 6.07) is 26.1. The molecule has 27 heavy (non-hydrogen) atoms. The zero-order valence-electron chi connectivity index (χ0n) is 16.2. The number of allylic oxidation sites excluding steroid dienone is 4. The Morgan fingerprint density at radius 1 is 0.741 bits per heavy atom. The third-order valence-corrected chi connectivity index (χ3v) is 4.80. The third kappa shape index (κ3) is 4.35. The summed E-state index contributed by atoms with van der Waals surface area (Å²) in [5.74, 6) is 0.535. The van der Waals surface area contributed by atoms with Crippen molar-refractivity contribution in [3.05, 3.63) is 115 Å². The molecule has 0 spiro atoms. The largest absolute Gasteiger partial charge is 0.0990 e. The molecule has 0 nitrogen and oxygen atoms in total. The van der Waals surface area contributed by atoms with Crippen molar-refractivity contribution in [2.45, 2.75) is 19.8 Å². The van der Waals surface area contributed by atoms with Crippen LogP contribution in [0.25, 0.3) is 27.8 Å². The Hall–Kier alpha value is -3.12. The highest BCUT2D eigenvalue weighted by atomic mass is 14.1. The topological polar surface area (TPSA) is 0 Å². The van der Waals surface area contributed by atoms with Crippen LogP contribution in [0.4, 0.5) is 0 Å². The maximum atomic E-state index is 3.98. The molecule has 0 heterocycles. The lowest BCUT2D eigenvalue weighted by Crippen LogP contribution is -1.90. The maximum absolute atomic E-state index is 3.98. The molecule has 0 atom stereocenters. The molecular weight excluding hydrogens is 324 g/mol. The molecule has 0 saturated heterocycles. The summed E-state index contributed by atoms with van der Waals surface area (Å²) in [4.78, 5) is 0. The first-order chi connectivity index (χ1) is 13.1. The molecule has 3 aromatic rings. The molecule has 0 heteroatoms. The van der Waals surface area contributed by atoms with E-state index < -0.39 is 0 Å². The van der Waals surface area contributed by atoms with Crippen molar-refractivity contribution < 1.29 is 0 Å². The first kappa shape index (κ1) is 18.7. The molecule has 0 aliphatic heterocycles. The van der Waals surface area contributed by atoms with Crippen LogP contribution in [0.2, 0.25) is 0 Å². The van der Waals surface area contributed by atoms with Crippen LogP contribution in [0.5, 0.6) is 0 Å². The molecule has 3 rings (SSSR count). The Morgan fingerprint density at radius 3 is 1.85 bits per heavy atom. The first-order valence-electron chi connectivity index (χ1n) is 9.38. The standard InChI is InChI=1S/C27H26/c1-5-10-21(6-2)25-17-26(23-11-8-7-9-12-23)19-27(18-25)24-15-13-22(14-16-24)20(3)4/h5-20H,1-2H2,3-4H3/b21-10+. The van der Waals surface area contributed by atoms with Gasteiger partial charge in [-0.1, -0.05) is 99.8 Å². The maximum Gasteiger partial charge on any atom is -0.0172 e. The van der Waals surface area contributed by atoms with Crippen LogP contribution < -0.4 is 0 Å². The number of hydrogen-bond donors (Lipinski definition) is 0. The lowest BCUT2D eigenvalue weighted by Gasteiger charge is -2.12. The average molecular weight is 351 g/mol. The van der Waals surface area contributed by atoms with Crippen molar-refractivity contribution in [3.63, 3.8) is 0 Å². The molecule has 0 aromatic heterocycles. The van der Waals surface area contributed by atoms with E-state index in [9.17, 15) is 0 Å². The van der Waals surface area contributed by atoms with Crippen molar-refractivity contribution in [1.82, 2.24) is 0 Å². The fourth-order valence-corrected chi connectivity index (χ4v) is 3.23. The lowest BCUT2D eigenvalue weighted by molar-refractivity contribution is 0.867. The van der Waals surface area contributed by atoms with Gasteiger partial charge in [0.25, 0.3) is 0 Å². The van der Waals surface area contributed by atoms with Gasteiger partial charge in [-0.15, -0.1) is 0 Å². The quantitative estimate of drug-likeness (QED) is 0.396. The molecule has 0 radical (unpaired) electrons. The first-order valence-corrected chi connectivity index (χ1v) is 9.38. The lowest BCUT2D eigenvalue weighted by atomic mass is 9.92. The monoisotopic (exact) mass is 350 g/mol. The summed E-state index contributed by atoms with van der Waals surface area (Å²) in [6.07, 6.45) is 5.70. The van der Waals surface area contributed by atoms with Crippen LogP contribution in [-0.2, 0) is 0 Å². The summed E-state index contributed by atoms with van der Waals surface area (Å²) in [6.45, 7) is 12.3. The van der Waals surface area contributed by atoms with Crippen LogP contribution in [-0.4, -0.2) is 0 Å². The molecule has 0 fully saturated rings. The predicted octanol–water partition coefficient (Wildman–Crippen LogP) is 7.90. The van der Waals surface area contributed by atoms with Crippen molar-refractivity contribution in [2.75, 3.05) is 0 Å². The van der Waals surface area contributed by atoms with E-state index in [1.165, 1.54) is 27.8 Å². The summed E-state index contributed by atoms with van der Waals surface area (Å²) in [5.41, 5.74) is 8.42. The van der Waals surface area contributed by atoms with E-state index in [1.54, 1.807) is 0 Å². The number of benzene rings is 3. The molecule has 3 aromatic carbocycles. The minimum atomic E-state index is 0.535. The number of hydrogen-bond acceptors (Lipinski definition) is 0. The van der Waals surface area contributed by atoms with Gasteiger partial charge in [-0.3, -0.25) is 0 Å². The summed E-state index contributed by atoms with van der Waals surface area (Å²) >= 11 is 0. The van der Waals surface area contributed by atoms with Gasteiger partial charge in [0.15, 0.2) is 0 Å². The average Bonchev–Trinajstić information content (AvgIpc) is 2.72. The molecule has 0 unspecified atom stereocenters. The molecule has 0 bridgehead atoms. The van der Waals surface area contributed by atoms with E-state index in [2.05, 4.69) is 93.7 Å². The molecule has 0 amide bonds. The molecular formula is C27H26. The summed E-state index contributed by atoms with van der Waals surface area (Å²) in [7, 11) is 0. The van der Waals surface area contributed by atoms with Crippen LogP contribution in [0.3, 0.4) is 0 Å². The second-order valence-corrected chi connectivity index (χ2v) is 7.00. The van der Waals surface area contributed by atoms with Gasteiger partial charge in [-0.05, 0) is 63.1 Å². The van der Waals surface area contributed by atoms with Gasteiger partial charge in [0.1, 0.15) is 0 Å². The van der Waals surface area contributed by atoms with Crippen molar-refractivity contribution in [3.8, 4) is 22.3 Å². The van der Waals surface area contributed by atoms with E-state index in [-0.39, 0.29) is 0 Å². The second kappa shape index (κ2) is 8.51. The molecule has 0 saturated carbocycles. The third-order valence-electron chi connectivity index (χ3n) is 4.80. The fourth-order valence-electron chi connectivity index (χ4n) is 3.23. The highest BCUT2D eigenvalue weighted by molar-refractivity contribution is 5.83. The minimum Gasteiger partial charge on any atom is -0.0990 e. The molecule has 0 aliphatic carbocycles. The van der Waals surface area contributed by atoms with E-state index in [1.807, 2.05) is 24.3 Å². The SMILES string of the molecule is C=C/C=C(\C=C)c1cc(-c2ccccc2)cc(-c2ccc(C(C)C)cc2)c1. The molecule has 0 aliphatic rings. The van der Waals surface area contributed by atoms with E-state index >= 15 is 0 Å². The predicted molar refractivity (Wildman–Crippen MR) is 120 cm³/mol. The Morgan fingerprint density at radius 2 is 1.33 bits per heavy atom. The zero-order valence-corrected chi connectivity index (χ0v) is 16.2. The van der Waals surface area contributed by atoms with Crippen LogP contribution in [0, 0.1) is 0 Å². The van der Waals surface area contributed by atoms with E-state index in [0.29, 0.717) is 5.92 Å². The minimum absolute atomic E-state index is 0.535. The van der Waals surface area contributed by atoms with Gasteiger partial charge in [0.2, 0.25) is 0 Å². The molecule has 0 N–H and O–H groups in total. The van der Waals surface area contributed by atoms with Crippen molar-refractivity contribution in [1.29, 1.82) is 0 Å². The Balaban J connectivity index is 2.16. The van der Waals surface area contributed by atoms with Gasteiger partial charge in [-0.25, -0.2) is 0 Å². The van der Waals surface area contributed by atoms with Gasteiger partial charge in [0, 0.05) is 0 Å². The van der Waals surface area contributed by atoms with Crippen LogP contribution in [0.15, 0.2) is 104 Å².